The molecule has 6 heteroatoms. The van der Waals surface area contributed by atoms with Crippen molar-refractivity contribution < 1.29 is 18.5 Å². The zero-order valence-electron chi connectivity index (χ0n) is 10.4. The van der Waals surface area contributed by atoms with Crippen molar-refractivity contribution in [3.05, 3.63) is 29.8 Å². The number of nitrogens with zero attached hydrogens (tertiary/aromatic N) is 1. The fourth-order valence-corrected chi connectivity index (χ4v) is 1.90. The molecule has 19 heavy (non-hydrogen) atoms. The third kappa shape index (κ3) is 2.77. The second-order valence-corrected chi connectivity index (χ2v) is 4.51. The second kappa shape index (κ2) is 5.02. The number of carbonyl (C=O) groups is 1. The van der Waals surface area contributed by atoms with Gasteiger partial charge in [0.1, 0.15) is 0 Å². The third-order valence-electron chi connectivity index (χ3n) is 3.06. The fourth-order valence-electron chi connectivity index (χ4n) is 1.90. The summed E-state index contributed by atoms with van der Waals surface area (Å²) in [6.45, 7) is 0.432. The van der Waals surface area contributed by atoms with E-state index in [1.54, 1.807) is 13.1 Å². The molecule has 1 N–H and O–H groups in total. The summed E-state index contributed by atoms with van der Waals surface area (Å²) >= 11 is 0. The molecular weight excluding hydrogens is 251 g/mol. The molecule has 0 saturated carbocycles. The Balaban J connectivity index is 2.25. The summed E-state index contributed by atoms with van der Waals surface area (Å²) in [5.74, 6) is 4.63. The lowest BCUT2D eigenvalue weighted by Crippen LogP contribution is -2.37. The van der Waals surface area contributed by atoms with E-state index in [9.17, 15) is 18.5 Å². The summed E-state index contributed by atoms with van der Waals surface area (Å²) in [4.78, 5) is 13.1. The molecule has 1 aromatic rings. The van der Waals surface area contributed by atoms with Gasteiger partial charge in [0.15, 0.2) is 0 Å². The summed E-state index contributed by atoms with van der Waals surface area (Å²) < 4.78 is 25.0. The number of halogens is 2. The third-order valence-corrected chi connectivity index (χ3v) is 3.06. The molecule has 0 unspecified atom stereocenters. The Morgan fingerprint density at radius 2 is 2.21 bits per heavy atom. The minimum atomic E-state index is -2.57. The molecule has 0 spiro atoms. The topological polar surface area (TPSA) is 40.5 Å². The van der Waals surface area contributed by atoms with E-state index in [-0.39, 0.29) is 11.9 Å². The highest BCUT2D eigenvalue weighted by Gasteiger charge is 2.42. The lowest BCUT2D eigenvalue weighted by atomic mass is 9.85. The van der Waals surface area contributed by atoms with Crippen molar-refractivity contribution in [2.24, 2.45) is 0 Å². The van der Waals surface area contributed by atoms with Gasteiger partial charge in [0.05, 0.1) is 0 Å². The molecule has 3 nitrogen and oxygen atoms in total. The molecule has 0 radical (unpaired) electrons. The molecule has 2 rings (SSSR count). The van der Waals surface area contributed by atoms with Crippen LogP contribution in [0.1, 0.15) is 12.0 Å². The summed E-state index contributed by atoms with van der Waals surface area (Å²) in [7, 11) is -0.983. The highest BCUT2D eigenvalue weighted by atomic mass is 19.2. The molecule has 0 bridgehead atoms. The summed E-state index contributed by atoms with van der Waals surface area (Å²) in [6, 6.07) is 5.59. The van der Waals surface area contributed by atoms with Crippen LogP contribution in [0.2, 0.25) is 0 Å². The maximum absolute atomic E-state index is 12.5. The van der Waals surface area contributed by atoms with Gasteiger partial charge >= 0.3 is 7.27 Å². The lowest BCUT2D eigenvalue weighted by molar-refractivity contribution is -0.137. The van der Waals surface area contributed by atoms with Crippen molar-refractivity contribution in [1.82, 2.24) is 4.90 Å². The van der Waals surface area contributed by atoms with Crippen molar-refractivity contribution in [2.75, 3.05) is 13.6 Å². The van der Waals surface area contributed by atoms with E-state index in [2.05, 4.69) is 11.8 Å². The quantitative estimate of drug-likeness (QED) is 0.583. The minimum absolute atomic E-state index is 0.131. The highest BCUT2D eigenvalue weighted by Crippen LogP contribution is 2.20. The van der Waals surface area contributed by atoms with Crippen molar-refractivity contribution >= 4 is 18.6 Å². The number of rotatable bonds is 1. The van der Waals surface area contributed by atoms with E-state index >= 15 is 0 Å². The Labute approximate surface area is 110 Å². The Hall–Kier alpha value is -1.87. The minimum Gasteiger partial charge on any atom is -0.369 e. The number of hydrogen-bond acceptors (Lipinski definition) is 2. The lowest BCUT2D eigenvalue weighted by Gasteiger charge is -2.13. The Kier molecular flexibility index (Phi) is 3.58. The molecule has 0 aromatic heterocycles. The van der Waals surface area contributed by atoms with E-state index in [1.807, 2.05) is 0 Å². The molecule has 1 amide bonds. The SMILES string of the molecule is CN1CC[C@@](O)(C#Cc2cccc(B(F)F)c2)C1=O. The van der Waals surface area contributed by atoms with Crippen molar-refractivity contribution in [2.45, 2.75) is 12.0 Å². The smallest absolute Gasteiger partial charge is 0.369 e. The maximum atomic E-state index is 12.5. The molecule has 1 heterocycles. The average molecular weight is 263 g/mol. The normalized spacial score (nSPS) is 22.1. The van der Waals surface area contributed by atoms with Crippen LogP contribution in [0.5, 0.6) is 0 Å². The van der Waals surface area contributed by atoms with Gasteiger partial charge in [0, 0.05) is 25.6 Å². The molecule has 98 valence electrons. The Morgan fingerprint density at radius 1 is 1.47 bits per heavy atom. The Bertz CT molecular complexity index is 567. The van der Waals surface area contributed by atoms with E-state index in [1.165, 1.54) is 23.1 Å². The average Bonchev–Trinajstić information content (AvgIpc) is 2.65. The monoisotopic (exact) mass is 263 g/mol. The fraction of sp³-hybridized carbons (Fsp3) is 0.308. The van der Waals surface area contributed by atoms with Crippen LogP contribution in [0.15, 0.2) is 24.3 Å². The summed E-state index contributed by atoms with van der Waals surface area (Å²) in [6.07, 6.45) is 0.226. The van der Waals surface area contributed by atoms with E-state index < -0.39 is 18.8 Å². The van der Waals surface area contributed by atoms with Crippen LogP contribution in [-0.4, -0.2) is 42.4 Å². The molecular formula is C13H12BF2NO2. The molecule has 1 aromatic carbocycles. The molecule has 1 fully saturated rings. The van der Waals surface area contributed by atoms with Gasteiger partial charge in [-0.3, -0.25) is 13.4 Å². The first-order chi connectivity index (χ1) is 8.92. The first kappa shape index (κ1) is 13.6. The van der Waals surface area contributed by atoms with Gasteiger partial charge in [0.2, 0.25) is 5.60 Å². The Morgan fingerprint density at radius 3 is 2.79 bits per heavy atom. The number of amides is 1. The van der Waals surface area contributed by atoms with Gasteiger partial charge < -0.3 is 10.0 Å². The highest BCUT2D eigenvalue weighted by molar-refractivity contribution is 6.59. The van der Waals surface area contributed by atoms with Crippen LogP contribution in [-0.2, 0) is 4.79 Å². The maximum Gasteiger partial charge on any atom is 0.572 e. The standard InChI is InChI=1S/C13H12BF2NO2/c1-17-8-7-13(19,12(17)18)6-5-10-3-2-4-11(9-10)14(15)16/h2-4,9,19H,7-8H2,1H3/t13-/m0/s1. The molecule has 1 aliphatic rings. The summed E-state index contributed by atoms with van der Waals surface area (Å²) in [5.41, 5.74) is -1.47. The first-order valence-electron chi connectivity index (χ1n) is 5.81. The van der Waals surface area contributed by atoms with Crippen molar-refractivity contribution in [3.8, 4) is 11.8 Å². The predicted octanol–water partition coefficient (Wildman–Crippen LogP) is 0.266. The second-order valence-electron chi connectivity index (χ2n) is 4.51. The van der Waals surface area contributed by atoms with E-state index in [0.717, 1.165) is 0 Å². The number of likely N-dealkylation sites (N-methyl/N-ethyl adjacent to an activating group) is 1. The number of hydrogen-bond donors (Lipinski definition) is 1. The number of likely N-dealkylation sites (tertiary alicyclic amines) is 1. The van der Waals surface area contributed by atoms with Crippen molar-refractivity contribution in [1.29, 1.82) is 0 Å². The zero-order valence-corrected chi connectivity index (χ0v) is 10.4. The largest absolute Gasteiger partial charge is 0.572 e. The van der Waals surface area contributed by atoms with E-state index in [0.29, 0.717) is 12.1 Å². The van der Waals surface area contributed by atoms with E-state index in [4.69, 9.17) is 0 Å². The van der Waals surface area contributed by atoms with Gasteiger partial charge in [-0.05, 0) is 17.6 Å². The summed E-state index contributed by atoms with van der Waals surface area (Å²) in [5, 5.41) is 10.1. The van der Waals surface area contributed by atoms with Crippen molar-refractivity contribution in [3.63, 3.8) is 0 Å². The van der Waals surface area contributed by atoms with Crippen LogP contribution in [0, 0.1) is 11.8 Å². The zero-order chi connectivity index (χ0) is 14.0. The number of aliphatic hydroxyl groups is 1. The molecule has 1 atom stereocenters. The van der Waals surface area contributed by atoms with Crippen LogP contribution >= 0.6 is 0 Å². The molecule has 1 saturated heterocycles. The van der Waals surface area contributed by atoms with Crippen LogP contribution in [0.3, 0.4) is 0 Å². The first-order valence-corrected chi connectivity index (χ1v) is 5.81. The van der Waals surface area contributed by atoms with Gasteiger partial charge in [-0.2, -0.15) is 0 Å². The van der Waals surface area contributed by atoms with Gasteiger partial charge in [-0.15, -0.1) is 0 Å². The number of carbonyl (C=O) groups excluding carboxylic acids is 1. The molecule has 0 aliphatic carbocycles. The predicted molar refractivity (Wildman–Crippen MR) is 68.1 cm³/mol. The van der Waals surface area contributed by atoms with Gasteiger partial charge in [-0.25, -0.2) is 0 Å². The van der Waals surface area contributed by atoms with Crippen LogP contribution in [0.25, 0.3) is 0 Å². The van der Waals surface area contributed by atoms with Gasteiger partial charge in [-0.1, -0.05) is 24.0 Å². The van der Waals surface area contributed by atoms with Gasteiger partial charge in [0.25, 0.3) is 5.91 Å². The van der Waals surface area contributed by atoms with Crippen LogP contribution < -0.4 is 5.46 Å². The molecule has 1 aliphatic heterocycles. The number of benzene rings is 1. The van der Waals surface area contributed by atoms with Crippen LogP contribution in [0.4, 0.5) is 8.63 Å².